The van der Waals surface area contributed by atoms with E-state index in [-0.39, 0.29) is 22.9 Å². The topological polar surface area (TPSA) is 87.3 Å². The van der Waals surface area contributed by atoms with Gasteiger partial charge < -0.3 is 9.47 Å². The quantitative estimate of drug-likeness (QED) is 0.326. The lowest BCUT2D eigenvalue weighted by Crippen LogP contribution is -2.10. The highest BCUT2D eigenvalue weighted by molar-refractivity contribution is 5.79. The number of fused-ring (bicyclic) bond motifs is 2. The van der Waals surface area contributed by atoms with Crippen molar-refractivity contribution in [3.63, 3.8) is 0 Å². The highest BCUT2D eigenvalue weighted by Gasteiger charge is 2.34. The van der Waals surface area contributed by atoms with Crippen molar-refractivity contribution in [3.05, 3.63) is 66.9 Å². The monoisotopic (exact) mass is 474 g/mol. The molecule has 0 atom stereocenters. The highest BCUT2D eigenvalue weighted by atomic mass is 19.4. The Hall–Kier alpha value is -4.42. The molecule has 5 rings (SSSR count). The molecule has 0 radical (unpaired) electrons. The van der Waals surface area contributed by atoms with Gasteiger partial charge in [0.2, 0.25) is 11.7 Å². The molecule has 13 heteroatoms. The van der Waals surface area contributed by atoms with Crippen LogP contribution in [0.1, 0.15) is 5.82 Å². The first-order chi connectivity index (χ1) is 16.3. The van der Waals surface area contributed by atoms with E-state index < -0.39 is 18.6 Å². The first-order valence-electron chi connectivity index (χ1n) is 9.54. The van der Waals surface area contributed by atoms with Crippen molar-refractivity contribution < 1.29 is 31.4 Å². The van der Waals surface area contributed by atoms with Crippen molar-refractivity contribution in [1.29, 1.82) is 0 Å². The zero-order valence-corrected chi connectivity index (χ0v) is 16.7. The Labute approximate surface area is 186 Å². The van der Waals surface area contributed by atoms with Crippen LogP contribution in [0.2, 0.25) is 0 Å². The van der Waals surface area contributed by atoms with Gasteiger partial charge in [-0.25, -0.2) is 14.4 Å². The molecule has 0 saturated carbocycles. The Kier molecular flexibility index (Phi) is 5.15. The molecule has 0 amide bonds. The standard InChI is InChI=1S/C21H11F5N6O2/c22-20(23)34-13-3-1-11(2-4-13)18-31-30-16-9-27-10-17(32(16)18)33-14-5-6-15-12(7-14)8-28-19(29-15)21(24,25)26/h1-10,20H. The van der Waals surface area contributed by atoms with Gasteiger partial charge in [-0.1, -0.05) is 0 Å². The summed E-state index contributed by atoms with van der Waals surface area (Å²) in [4.78, 5) is 11.0. The van der Waals surface area contributed by atoms with Crippen LogP contribution in [0.5, 0.6) is 17.4 Å². The van der Waals surface area contributed by atoms with E-state index in [4.69, 9.17) is 4.74 Å². The molecule has 5 aromatic rings. The van der Waals surface area contributed by atoms with E-state index in [1.807, 2.05) is 0 Å². The molecule has 0 aliphatic rings. The molecule has 0 bridgehead atoms. The summed E-state index contributed by atoms with van der Waals surface area (Å²) in [5, 5.41) is 8.50. The second kappa shape index (κ2) is 8.17. The van der Waals surface area contributed by atoms with Gasteiger partial charge in [0, 0.05) is 17.1 Å². The second-order valence-corrected chi connectivity index (χ2v) is 6.88. The number of hydrogen-bond donors (Lipinski definition) is 0. The fourth-order valence-corrected chi connectivity index (χ4v) is 3.20. The van der Waals surface area contributed by atoms with Crippen molar-refractivity contribution in [1.82, 2.24) is 29.5 Å². The van der Waals surface area contributed by atoms with Crippen molar-refractivity contribution in [3.8, 4) is 28.8 Å². The van der Waals surface area contributed by atoms with E-state index >= 15 is 0 Å². The highest BCUT2D eigenvalue weighted by Crippen LogP contribution is 2.31. The van der Waals surface area contributed by atoms with Gasteiger partial charge in [-0.05, 0) is 42.5 Å². The minimum atomic E-state index is -4.65. The van der Waals surface area contributed by atoms with E-state index in [9.17, 15) is 22.0 Å². The van der Waals surface area contributed by atoms with Crippen LogP contribution in [0.4, 0.5) is 22.0 Å². The van der Waals surface area contributed by atoms with Crippen LogP contribution in [0, 0.1) is 0 Å². The Morgan fingerprint density at radius 1 is 0.882 bits per heavy atom. The molecule has 0 spiro atoms. The first kappa shape index (κ1) is 21.4. The van der Waals surface area contributed by atoms with Crippen molar-refractivity contribution in [2.45, 2.75) is 12.8 Å². The number of benzene rings is 2. The predicted molar refractivity (Wildman–Crippen MR) is 107 cm³/mol. The number of alkyl halides is 5. The molecular weight excluding hydrogens is 463 g/mol. The third kappa shape index (κ3) is 4.14. The zero-order valence-electron chi connectivity index (χ0n) is 16.7. The van der Waals surface area contributed by atoms with E-state index in [1.54, 1.807) is 4.40 Å². The molecule has 8 nitrogen and oxygen atoms in total. The van der Waals surface area contributed by atoms with Crippen LogP contribution in [0.15, 0.2) is 61.1 Å². The van der Waals surface area contributed by atoms with Crippen LogP contribution in [-0.2, 0) is 6.18 Å². The predicted octanol–water partition coefficient (Wildman–Crippen LogP) is 5.15. The van der Waals surface area contributed by atoms with Gasteiger partial charge in [0.25, 0.3) is 0 Å². The van der Waals surface area contributed by atoms with E-state index in [0.29, 0.717) is 22.4 Å². The summed E-state index contributed by atoms with van der Waals surface area (Å²) >= 11 is 0. The molecule has 34 heavy (non-hydrogen) atoms. The number of ether oxygens (including phenoxy) is 2. The Balaban J connectivity index is 1.50. The smallest absolute Gasteiger partial charge is 0.439 e. The lowest BCUT2D eigenvalue weighted by molar-refractivity contribution is -0.144. The lowest BCUT2D eigenvalue weighted by atomic mass is 10.2. The number of nitrogens with zero attached hydrogens (tertiary/aromatic N) is 6. The van der Waals surface area contributed by atoms with Crippen molar-refractivity contribution >= 4 is 16.6 Å². The van der Waals surface area contributed by atoms with Crippen LogP contribution < -0.4 is 9.47 Å². The summed E-state index contributed by atoms with van der Waals surface area (Å²) in [5.41, 5.74) is 0.984. The largest absolute Gasteiger partial charge is 0.451 e. The van der Waals surface area contributed by atoms with Gasteiger partial charge in [-0.2, -0.15) is 22.0 Å². The molecule has 0 fully saturated rings. The number of aromatic nitrogens is 6. The third-order valence-electron chi connectivity index (χ3n) is 4.65. The number of hydrogen-bond acceptors (Lipinski definition) is 7. The summed E-state index contributed by atoms with van der Waals surface area (Å²) in [6, 6.07) is 10.1. The maximum atomic E-state index is 12.8. The molecule has 0 unspecified atom stereocenters. The molecule has 0 aliphatic heterocycles. The van der Waals surface area contributed by atoms with Gasteiger partial charge >= 0.3 is 12.8 Å². The van der Waals surface area contributed by atoms with E-state index in [0.717, 1.165) is 6.20 Å². The maximum Gasteiger partial charge on any atom is 0.451 e. The summed E-state index contributed by atoms with van der Waals surface area (Å²) < 4.78 is 75.1. The Bertz CT molecular complexity index is 1490. The molecule has 172 valence electrons. The third-order valence-corrected chi connectivity index (χ3v) is 4.65. The van der Waals surface area contributed by atoms with Gasteiger partial charge in [-0.3, -0.25) is 4.98 Å². The summed E-state index contributed by atoms with van der Waals surface area (Å²) in [5.74, 6) is -0.419. The molecule has 3 heterocycles. The Morgan fingerprint density at radius 2 is 1.65 bits per heavy atom. The molecule has 0 N–H and O–H groups in total. The number of rotatable bonds is 5. The molecule has 0 aliphatic carbocycles. The Morgan fingerprint density at radius 3 is 2.38 bits per heavy atom. The maximum absolute atomic E-state index is 12.8. The molecule has 3 aromatic heterocycles. The van der Waals surface area contributed by atoms with Gasteiger partial charge in [0.05, 0.1) is 17.9 Å². The van der Waals surface area contributed by atoms with Crippen LogP contribution in [0.3, 0.4) is 0 Å². The fraction of sp³-hybridized carbons (Fsp3) is 0.0952. The van der Waals surface area contributed by atoms with Crippen LogP contribution >= 0.6 is 0 Å². The minimum Gasteiger partial charge on any atom is -0.439 e. The molecule has 0 saturated heterocycles. The fourth-order valence-electron chi connectivity index (χ4n) is 3.20. The molecule has 2 aromatic carbocycles. The van der Waals surface area contributed by atoms with Crippen molar-refractivity contribution in [2.75, 3.05) is 0 Å². The van der Waals surface area contributed by atoms with Crippen molar-refractivity contribution in [2.24, 2.45) is 0 Å². The average Bonchev–Trinajstić information content (AvgIpc) is 3.23. The summed E-state index contributed by atoms with van der Waals surface area (Å²) in [7, 11) is 0. The normalized spacial score (nSPS) is 11.9. The summed E-state index contributed by atoms with van der Waals surface area (Å²) in [6.07, 6.45) is -0.741. The van der Waals surface area contributed by atoms with Gasteiger partial charge in [-0.15, -0.1) is 10.2 Å². The summed E-state index contributed by atoms with van der Waals surface area (Å²) in [6.45, 7) is -2.95. The minimum absolute atomic E-state index is 0.0159. The zero-order chi connectivity index (χ0) is 23.9. The van der Waals surface area contributed by atoms with Crippen LogP contribution in [0.25, 0.3) is 27.9 Å². The van der Waals surface area contributed by atoms with Crippen LogP contribution in [-0.4, -0.2) is 36.2 Å². The average molecular weight is 474 g/mol. The van der Waals surface area contributed by atoms with E-state index in [1.165, 1.54) is 54.9 Å². The van der Waals surface area contributed by atoms with Gasteiger partial charge in [0.1, 0.15) is 11.5 Å². The lowest BCUT2D eigenvalue weighted by Gasteiger charge is -2.11. The second-order valence-electron chi connectivity index (χ2n) is 6.88. The van der Waals surface area contributed by atoms with Gasteiger partial charge in [0.15, 0.2) is 11.5 Å². The SMILES string of the molecule is FC(F)Oc1ccc(-c2nnc3cncc(Oc4ccc5nc(C(F)(F)F)ncc5c4)n23)cc1. The number of halogens is 5. The van der Waals surface area contributed by atoms with E-state index in [2.05, 4.69) is 29.9 Å². The first-order valence-corrected chi connectivity index (χ1v) is 9.54. The molecular formula is C21H11F5N6O2.